The molecule has 0 bridgehead atoms. The number of methoxy groups -OCH3 is 1. The first-order valence-corrected chi connectivity index (χ1v) is 8.39. The molecule has 148 valence electrons. The van der Waals surface area contributed by atoms with Crippen molar-refractivity contribution in [3.63, 3.8) is 0 Å². The molecule has 1 N–H and O–H groups in total. The second-order valence-electron chi connectivity index (χ2n) is 5.66. The van der Waals surface area contributed by atoms with Crippen molar-refractivity contribution in [2.45, 2.75) is 26.5 Å². The lowest BCUT2D eigenvalue weighted by Crippen LogP contribution is -2.49. The summed E-state index contributed by atoms with van der Waals surface area (Å²) in [6.45, 7) is 0.823. The van der Waals surface area contributed by atoms with Crippen molar-refractivity contribution in [2.75, 3.05) is 26.9 Å². The number of hydrogen-bond acceptors (Lipinski definition) is 5. The number of esters is 1. The van der Waals surface area contributed by atoms with Crippen LogP contribution in [0.4, 0.5) is 13.6 Å². The smallest absolute Gasteiger partial charge is 0.387 e. The Morgan fingerprint density at radius 1 is 1.33 bits per heavy atom. The molecule has 2 amide bonds. The summed E-state index contributed by atoms with van der Waals surface area (Å²) >= 11 is 0. The van der Waals surface area contributed by atoms with E-state index < -0.39 is 24.7 Å². The number of halogens is 2. The fourth-order valence-corrected chi connectivity index (χ4v) is 2.86. The van der Waals surface area contributed by atoms with Crippen molar-refractivity contribution in [3.05, 3.63) is 41.1 Å². The summed E-state index contributed by atoms with van der Waals surface area (Å²) in [6.07, 6.45) is 0. The molecule has 1 aromatic rings. The Balaban J connectivity index is 2.53. The lowest BCUT2D eigenvalue weighted by Gasteiger charge is -2.35. The van der Waals surface area contributed by atoms with Gasteiger partial charge in [-0.3, -0.25) is 4.90 Å². The summed E-state index contributed by atoms with van der Waals surface area (Å²) in [7, 11) is 1.49. The van der Waals surface area contributed by atoms with E-state index in [9.17, 15) is 18.4 Å². The Morgan fingerprint density at radius 3 is 2.67 bits per heavy atom. The monoisotopic (exact) mass is 384 g/mol. The van der Waals surface area contributed by atoms with Crippen molar-refractivity contribution >= 4 is 12.0 Å². The van der Waals surface area contributed by atoms with Gasteiger partial charge in [-0.15, -0.1) is 0 Å². The molecule has 27 heavy (non-hydrogen) atoms. The van der Waals surface area contributed by atoms with E-state index in [1.54, 1.807) is 19.9 Å². The van der Waals surface area contributed by atoms with Crippen LogP contribution in [0.1, 0.15) is 25.5 Å². The van der Waals surface area contributed by atoms with Gasteiger partial charge >= 0.3 is 18.6 Å². The van der Waals surface area contributed by atoms with Crippen LogP contribution in [0, 0.1) is 0 Å². The molecular weight excluding hydrogens is 362 g/mol. The summed E-state index contributed by atoms with van der Waals surface area (Å²) in [5, 5.41) is 2.67. The fourth-order valence-electron chi connectivity index (χ4n) is 2.86. The second kappa shape index (κ2) is 9.31. The van der Waals surface area contributed by atoms with Crippen molar-refractivity contribution in [2.24, 2.45) is 0 Å². The van der Waals surface area contributed by atoms with E-state index in [1.165, 1.54) is 30.2 Å². The number of hydrogen-bond donors (Lipinski definition) is 1. The maximum atomic E-state index is 12.8. The zero-order valence-corrected chi connectivity index (χ0v) is 15.3. The number of nitrogens with zero attached hydrogens (tertiary/aromatic N) is 1. The summed E-state index contributed by atoms with van der Waals surface area (Å²) in [6, 6.07) is 4.54. The molecule has 0 aromatic heterocycles. The Hall–Kier alpha value is -2.68. The molecule has 0 spiro atoms. The average Bonchev–Trinajstić information content (AvgIpc) is 2.61. The summed E-state index contributed by atoms with van der Waals surface area (Å²) in [5.74, 6) is -0.771. The Bertz CT molecular complexity index is 723. The molecule has 0 saturated heterocycles. The van der Waals surface area contributed by atoms with Crippen molar-refractivity contribution < 1.29 is 32.6 Å². The van der Waals surface area contributed by atoms with Crippen LogP contribution in [0.2, 0.25) is 0 Å². The van der Waals surface area contributed by atoms with Crippen LogP contribution in [0.5, 0.6) is 5.75 Å². The third kappa shape index (κ3) is 4.73. The van der Waals surface area contributed by atoms with Crippen LogP contribution in [0.15, 0.2) is 35.5 Å². The Labute approximate surface area is 155 Å². The zero-order chi connectivity index (χ0) is 20.0. The van der Waals surface area contributed by atoms with Gasteiger partial charge in [-0.05, 0) is 19.9 Å². The molecule has 2 rings (SSSR count). The van der Waals surface area contributed by atoms with Crippen LogP contribution in [-0.2, 0) is 14.3 Å². The number of nitrogens with one attached hydrogen (secondary N) is 1. The highest BCUT2D eigenvalue weighted by Gasteiger charge is 2.37. The third-order valence-corrected chi connectivity index (χ3v) is 4.06. The van der Waals surface area contributed by atoms with Crippen LogP contribution < -0.4 is 10.1 Å². The van der Waals surface area contributed by atoms with Gasteiger partial charge in [0.15, 0.2) is 0 Å². The summed E-state index contributed by atoms with van der Waals surface area (Å²) in [4.78, 5) is 26.5. The third-order valence-electron chi connectivity index (χ3n) is 4.06. The molecule has 1 unspecified atom stereocenters. The van der Waals surface area contributed by atoms with Crippen LogP contribution in [0.25, 0.3) is 0 Å². The van der Waals surface area contributed by atoms with Gasteiger partial charge in [-0.2, -0.15) is 8.78 Å². The highest BCUT2D eigenvalue weighted by Crippen LogP contribution is 2.36. The van der Waals surface area contributed by atoms with Gasteiger partial charge in [0, 0.05) is 18.4 Å². The first-order chi connectivity index (χ1) is 12.9. The van der Waals surface area contributed by atoms with Gasteiger partial charge in [-0.1, -0.05) is 18.2 Å². The molecule has 1 heterocycles. The van der Waals surface area contributed by atoms with Gasteiger partial charge in [0.2, 0.25) is 0 Å². The SMILES string of the molecule is CCOC(=O)C1=C(C)N(CCOC)C(=O)NC1c1ccccc1OC(F)F. The van der Waals surface area contributed by atoms with Crippen LogP contribution >= 0.6 is 0 Å². The lowest BCUT2D eigenvalue weighted by atomic mass is 9.94. The highest BCUT2D eigenvalue weighted by atomic mass is 19.3. The first kappa shape index (κ1) is 20.6. The summed E-state index contributed by atoms with van der Waals surface area (Å²) in [5.41, 5.74) is 0.754. The molecular formula is C18H22F2N2O5. The number of urea groups is 1. The average molecular weight is 384 g/mol. The lowest BCUT2D eigenvalue weighted by molar-refractivity contribution is -0.139. The van der Waals surface area contributed by atoms with Crippen molar-refractivity contribution in [3.8, 4) is 5.75 Å². The molecule has 0 radical (unpaired) electrons. The number of carbonyl (C=O) groups is 2. The highest BCUT2D eigenvalue weighted by molar-refractivity contribution is 5.95. The minimum absolute atomic E-state index is 0.127. The maximum Gasteiger partial charge on any atom is 0.387 e. The van der Waals surface area contributed by atoms with Gasteiger partial charge in [0.1, 0.15) is 5.75 Å². The van der Waals surface area contributed by atoms with E-state index in [4.69, 9.17) is 9.47 Å². The predicted octanol–water partition coefficient (Wildman–Crippen LogP) is 2.84. The van der Waals surface area contributed by atoms with Gasteiger partial charge < -0.3 is 19.5 Å². The summed E-state index contributed by atoms with van der Waals surface area (Å²) < 4.78 is 40.2. The number of amides is 2. The van der Waals surface area contributed by atoms with E-state index in [-0.39, 0.29) is 36.6 Å². The second-order valence-corrected chi connectivity index (χ2v) is 5.66. The largest absolute Gasteiger partial charge is 0.463 e. The van der Waals surface area contributed by atoms with E-state index in [0.29, 0.717) is 5.70 Å². The predicted molar refractivity (Wildman–Crippen MR) is 92.3 cm³/mol. The normalized spacial score (nSPS) is 17.2. The van der Waals surface area contributed by atoms with E-state index in [0.717, 1.165) is 0 Å². The number of rotatable bonds is 8. The van der Waals surface area contributed by atoms with Crippen molar-refractivity contribution in [1.29, 1.82) is 0 Å². The maximum absolute atomic E-state index is 12.8. The van der Waals surface area contributed by atoms with Crippen LogP contribution in [-0.4, -0.2) is 50.4 Å². The molecule has 1 aromatic carbocycles. The molecule has 9 heteroatoms. The minimum atomic E-state index is -3.04. The fraction of sp³-hybridized carbons (Fsp3) is 0.444. The molecule has 0 fully saturated rings. The zero-order valence-electron chi connectivity index (χ0n) is 15.3. The molecule has 1 aliphatic rings. The molecule has 0 aliphatic carbocycles. The molecule has 0 saturated carbocycles. The number of ether oxygens (including phenoxy) is 3. The molecule has 1 aliphatic heterocycles. The standard InChI is InChI=1S/C18H22F2N2O5/c1-4-26-16(23)14-11(2)22(9-10-25-3)18(24)21-15(14)12-7-5-6-8-13(12)27-17(19)20/h5-8,15,17H,4,9-10H2,1-3H3,(H,21,24). The van der Waals surface area contributed by atoms with E-state index in [2.05, 4.69) is 10.1 Å². The Morgan fingerprint density at radius 2 is 2.04 bits per heavy atom. The molecule has 7 nitrogen and oxygen atoms in total. The van der Waals surface area contributed by atoms with Gasteiger partial charge in [0.25, 0.3) is 0 Å². The number of benzene rings is 1. The van der Waals surface area contributed by atoms with Crippen LogP contribution in [0.3, 0.4) is 0 Å². The van der Waals surface area contributed by atoms with Gasteiger partial charge in [0.05, 0.1) is 31.4 Å². The van der Waals surface area contributed by atoms with Gasteiger partial charge in [-0.25, -0.2) is 9.59 Å². The number of allylic oxidation sites excluding steroid dienone is 1. The number of carbonyl (C=O) groups excluding carboxylic acids is 2. The number of alkyl halides is 2. The molecule has 1 atom stereocenters. The minimum Gasteiger partial charge on any atom is -0.463 e. The number of para-hydroxylation sites is 1. The Kier molecular flexibility index (Phi) is 7.12. The van der Waals surface area contributed by atoms with Crippen molar-refractivity contribution in [1.82, 2.24) is 10.2 Å². The topological polar surface area (TPSA) is 77.1 Å². The first-order valence-electron chi connectivity index (χ1n) is 8.39. The van der Waals surface area contributed by atoms with E-state index >= 15 is 0 Å². The van der Waals surface area contributed by atoms with E-state index in [1.807, 2.05) is 0 Å². The quantitative estimate of drug-likeness (QED) is 0.698.